The molecule has 0 aromatic carbocycles. The minimum absolute atomic E-state index is 0.0497. The number of esters is 1. The van der Waals surface area contributed by atoms with Crippen LogP contribution >= 0.6 is 0 Å². The molecule has 0 aliphatic heterocycles. The molecule has 4 nitrogen and oxygen atoms in total. The normalized spacial score (nSPS) is 29.7. The maximum atomic E-state index is 12.9. The SMILES string of the molecule is CCOC(=O)/C(C)=C\C1CC2(C)C(=O)C1C=C2O[Si](C)(C)C(C)(C)C. The number of hydrogen-bond acceptors (Lipinski definition) is 4. The van der Waals surface area contributed by atoms with E-state index in [0.29, 0.717) is 18.6 Å². The molecule has 1 fully saturated rings. The van der Waals surface area contributed by atoms with Crippen molar-refractivity contribution in [2.45, 2.75) is 66.1 Å². The van der Waals surface area contributed by atoms with Crippen LogP contribution in [0.4, 0.5) is 0 Å². The van der Waals surface area contributed by atoms with Crippen molar-refractivity contribution in [2.24, 2.45) is 17.3 Å². The first kappa shape index (κ1) is 20.0. The monoisotopic (exact) mass is 364 g/mol. The number of carbonyl (C=O) groups is 2. The third-order valence-electron chi connectivity index (χ3n) is 6.06. The molecule has 2 aliphatic carbocycles. The van der Waals surface area contributed by atoms with Gasteiger partial charge in [0, 0.05) is 11.5 Å². The Balaban J connectivity index is 2.23. The van der Waals surface area contributed by atoms with Gasteiger partial charge in [-0.2, -0.15) is 0 Å². The van der Waals surface area contributed by atoms with E-state index in [2.05, 4.69) is 33.9 Å². The highest BCUT2D eigenvalue weighted by atomic mass is 28.4. The van der Waals surface area contributed by atoms with Gasteiger partial charge in [0.15, 0.2) is 5.78 Å². The minimum atomic E-state index is -1.98. The second kappa shape index (κ2) is 6.42. The van der Waals surface area contributed by atoms with Crippen molar-refractivity contribution in [3.63, 3.8) is 0 Å². The maximum Gasteiger partial charge on any atom is 0.333 e. The topological polar surface area (TPSA) is 52.6 Å². The van der Waals surface area contributed by atoms with Crippen LogP contribution in [-0.2, 0) is 18.8 Å². The van der Waals surface area contributed by atoms with Crippen molar-refractivity contribution < 1.29 is 18.8 Å². The molecule has 2 bridgehead atoms. The Morgan fingerprint density at radius 3 is 2.44 bits per heavy atom. The van der Waals surface area contributed by atoms with Crippen molar-refractivity contribution in [1.82, 2.24) is 0 Å². The number of ketones is 1. The lowest BCUT2D eigenvalue weighted by atomic mass is 9.84. The summed E-state index contributed by atoms with van der Waals surface area (Å²) in [5.74, 6) is 0.638. The molecule has 0 spiro atoms. The highest BCUT2D eigenvalue weighted by Gasteiger charge is 2.58. The molecule has 0 heterocycles. The minimum Gasteiger partial charge on any atom is -0.546 e. The standard InChI is InChI=1S/C20H32O4Si/c1-9-23-18(22)13(2)10-14-12-20(6)16(11-15(14)17(20)21)24-25(7,8)19(3,4)5/h10-11,14-15H,9,12H2,1-8H3/b13-10-. The second-order valence-corrected chi connectivity index (χ2v) is 13.8. The molecule has 2 rings (SSSR count). The van der Waals surface area contributed by atoms with E-state index in [1.54, 1.807) is 13.8 Å². The van der Waals surface area contributed by atoms with Crippen LogP contribution in [0.5, 0.6) is 0 Å². The maximum absolute atomic E-state index is 12.9. The van der Waals surface area contributed by atoms with Crippen LogP contribution in [0.25, 0.3) is 0 Å². The number of carbonyl (C=O) groups excluding carboxylic acids is 2. The van der Waals surface area contributed by atoms with Gasteiger partial charge in [0.2, 0.25) is 8.32 Å². The molecule has 3 atom stereocenters. The fourth-order valence-corrected chi connectivity index (χ4v) is 4.55. The average Bonchev–Trinajstić information content (AvgIpc) is 2.83. The Labute approximate surface area is 152 Å². The average molecular weight is 365 g/mol. The van der Waals surface area contributed by atoms with Crippen LogP contribution in [0.3, 0.4) is 0 Å². The van der Waals surface area contributed by atoms with E-state index in [1.807, 2.05) is 19.1 Å². The van der Waals surface area contributed by atoms with Gasteiger partial charge in [0.1, 0.15) is 0 Å². The largest absolute Gasteiger partial charge is 0.546 e. The van der Waals surface area contributed by atoms with Gasteiger partial charge in [0.05, 0.1) is 17.8 Å². The first-order valence-electron chi connectivity index (χ1n) is 9.14. The molecule has 3 unspecified atom stereocenters. The zero-order chi connectivity index (χ0) is 19.2. The van der Waals surface area contributed by atoms with E-state index in [0.717, 1.165) is 5.76 Å². The molecule has 0 aromatic heterocycles. The van der Waals surface area contributed by atoms with Gasteiger partial charge in [-0.05, 0) is 57.3 Å². The quantitative estimate of drug-likeness (QED) is 0.405. The molecule has 0 aromatic rings. The van der Waals surface area contributed by atoms with Gasteiger partial charge in [0.25, 0.3) is 0 Å². The highest BCUT2D eigenvalue weighted by Crippen LogP contribution is 2.56. The number of allylic oxidation sites excluding steroid dienone is 3. The Morgan fingerprint density at radius 1 is 1.40 bits per heavy atom. The van der Waals surface area contributed by atoms with Crippen molar-refractivity contribution in [2.75, 3.05) is 6.61 Å². The molecule has 0 radical (unpaired) electrons. The molecule has 140 valence electrons. The number of fused-ring (bicyclic) bond motifs is 2. The molecule has 0 saturated heterocycles. The summed E-state index contributed by atoms with van der Waals surface area (Å²) in [7, 11) is -1.98. The van der Waals surface area contributed by atoms with Crippen molar-refractivity contribution >= 4 is 20.1 Å². The Morgan fingerprint density at radius 2 is 2.00 bits per heavy atom. The van der Waals surface area contributed by atoms with E-state index in [-0.39, 0.29) is 28.6 Å². The highest BCUT2D eigenvalue weighted by molar-refractivity contribution is 6.74. The van der Waals surface area contributed by atoms with Crippen molar-refractivity contribution in [3.8, 4) is 0 Å². The second-order valence-electron chi connectivity index (χ2n) is 9.05. The van der Waals surface area contributed by atoms with Crippen LogP contribution in [0.1, 0.15) is 48.0 Å². The van der Waals surface area contributed by atoms with Crippen molar-refractivity contribution in [1.29, 1.82) is 0 Å². The van der Waals surface area contributed by atoms with E-state index in [1.165, 1.54) is 0 Å². The third kappa shape index (κ3) is 3.48. The van der Waals surface area contributed by atoms with Crippen LogP contribution in [0.15, 0.2) is 23.5 Å². The summed E-state index contributed by atoms with van der Waals surface area (Å²) >= 11 is 0. The molecular weight excluding hydrogens is 332 g/mol. The van der Waals surface area contributed by atoms with Crippen LogP contribution in [-0.4, -0.2) is 26.7 Å². The third-order valence-corrected chi connectivity index (χ3v) is 10.4. The first-order valence-corrected chi connectivity index (χ1v) is 12.1. The van der Waals surface area contributed by atoms with Crippen LogP contribution in [0, 0.1) is 17.3 Å². The number of rotatable bonds is 5. The summed E-state index contributed by atoms with van der Waals surface area (Å²) in [6.07, 6.45) is 4.62. The van der Waals surface area contributed by atoms with E-state index in [4.69, 9.17) is 9.16 Å². The van der Waals surface area contributed by atoms with E-state index in [9.17, 15) is 9.59 Å². The Bertz CT molecular complexity index is 639. The fraction of sp³-hybridized carbons (Fsp3) is 0.700. The molecule has 25 heavy (non-hydrogen) atoms. The zero-order valence-electron chi connectivity index (χ0n) is 16.9. The van der Waals surface area contributed by atoms with E-state index < -0.39 is 13.7 Å². The summed E-state index contributed by atoms with van der Waals surface area (Å²) in [6.45, 7) is 16.9. The number of ether oxygens (including phenoxy) is 1. The van der Waals surface area contributed by atoms with Crippen molar-refractivity contribution in [3.05, 3.63) is 23.5 Å². The Kier molecular flexibility index (Phi) is 5.12. The summed E-state index contributed by atoms with van der Waals surface area (Å²) in [5, 5.41) is 0.0921. The molecule has 0 amide bonds. The summed E-state index contributed by atoms with van der Waals surface area (Å²) in [6, 6.07) is 0. The Hall–Kier alpha value is -1.36. The zero-order valence-corrected chi connectivity index (χ0v) is 17.9. The van der Waals surface area contributed by atoms with Crippen LogP contribution < -0.4 is 0 Å². The summed E-state index contributed by atoms with van der Waals surface area (Å²) in [5.41, 5.74) is 0.0205. The van der Waals surface area contributed by atoms with E-state index >= 15 is 0 Å². The smallest absolute Gasteiger partial charge is 0.333 e. The molecule has 0 N–H and O–H groups in total. The predicted molar refractivity (Wildman–Crippen MR) is 101 cm³/mol. The first-order chi connectivity index (χ1) is 11.3. The molecule has 1 saturated carbocycles. The van der Waals surface area contributed by atoms with Gasteiger partial charge >= 0.3 is 5.97 Å². The molecule has 5 heteroatoms. The van der Waals surface area contributed by atoms with Crippen LogP contribution in [0.2, 0.25) is 18.1 Å². The molecular formula is C20H32O4Si. The number of hydrogen-bond donors (Lipinski definition) is 0. The fourth-order valence-electron chi connectivity index (χ4n) is 3.40. The lowest BCUT2D eigenvalue weighted by Crippen LogP contribution is -2.42. The predicted octanol–water partition coefficient (Wildman–Crippen LogP) is 4.63. The van der Waals surface area contributed by atoms with Gasteiger partial charge in [-0.1, -0.05) is 26.8 Å². The van der Waals surface area contributed by atoms with Gasteiger partial charge in [-0.25, -0.2) is 4.79 Å². The molecule has 2 aliphatic rings. The summed E-state index contributed by atoms with van der Waals surface area (Å²) in [4.78, 5) is 24.7. The summed E-state index contributed by atoms with van der Waals surface area (Å²) < 4.78 is 11.5. The van der Waals surface area contributed by atoms with Gasteiger partial charge in [-0.15, -0.1) is 0 Å². The lowest BCUT2D eigenvalue weighted by molar-refractivity contribution is -0.138. The lowest BCUT2D eigenvalue weighted by Gasteiger charge is -2.40. The number of Topliss-reactive ketones (excluding diaryl/α,β-unsaturated/α-hetero) is 1. The van der Waals surface area contributed by atoms with Gasteiger partial charge in [-0.3, -0.25) is 4.79 Å². The van der Waals surface area contributed by atoms with Gasteiger partial charge < -0.3 is 9.16 Å².